The molecule has 0 saturated carbocycles. The predicted octanol–water partition coefficient (Wildman–Crippen LogP) is 2.22. The van der Waals surface area contributed by atoms with Gasteiger partial charge in [0, 0.05) is 26.1 Å². The Kier molecular flexibility index (Phi) is 6.21. The van der Waals surface area contributed by atoms with E-state index in [1.165, 1.54) is 5.56 Å². The van der Waals surface area contributed by atoms with Crippen molar-refractivity contribution in [2.24, 2.45) is 5.92 Å². The van der Waals surface area contributed by atoms with Crippen LogP contribution in [0.2, 0.25) is 0 Å². The number of benzene rings is 1. The standard InChI is InChI=1S/C17H26N2O2/c1-14(2)12-17(20)18-13-16(15-6-4-3-5-7-15)19-8-10-21-11-9-19/h3-7,14,16H,8-13H2,1-2H3,(H,18,20). The van der Waals surface area contributed by atoms with Crippen molar-refractivity contribution in [3.05, 3.63) is 35.9 Å². The summed E-state index contributed by atoms with van der Waals surface area (Å²) in [6, 6.07) is 10.6. The maximum atomic E-state index is 11.9. The van der Waals surface area contributed by atoms with Crippen molar-refractivity contribution in [3.8, 4) is 0 Å². The molecule has 1 heterocycles. The Hall–Kier alpha value is -1.39. The Morgan fingerprint density at radius 3 is 2.52 bits per heavy atom. The van der Waals surface area contributed by atoms with Crippen molar-refractivity contribution in [3.63, 3.8) is 0 Å². The molecule has 0 bridgehead atoms. The SMILES string of the molecule is CC(C)CC(=O)NCC(c1ccccc1)N1CCOCC1. The van der Waals surface area contributed by atoms with Crippen molar-refractivity contribution < 1.29 is 9.53 Å². The fourth-order valence-electron chi connectivity index (χ4n) is 2.68. The van der Waals surface area contributed by atoms with Crippen LogP contribution in [-0.4, -0.2) is 43.7 Å². The minimum atomic E-state index is 0.138. The van der Waals surface area contributed by atoms with Crippen molar-refractivity contribution in [2.75, 3.05) is 32.8 Å². The number of carbonyl (C=O) groups is 1. The van der Waals surface area contributed by atoms with Gasteiger partial charge in [-0.1, -0.05) is 44.2 Å². The van der Waals surface area contributed by atoms with Crippen LogP contribution in [-0.2, 0) is 9.53 Å². The summed E-state index contributed by atoms with van der Waals surface area (Å²) < 4.78 is 5.43. The van der Waals surface area contributed by atoms with E-state index in [0.717, 1.165) is 26.3 Å². The van der Waals surface area contributed by atoms with E-state index < -0.39 is 0 Å². The van der Waals surface area contributed by atoms with Crippen LogP contribution in [0.15, 0.2) is 30.3 Å². The first-order valence-corrected chi connectivity index (χ1v) is 7.80. The molecule has 1 aliphatic rings. The molecule has 1 saturated heterocycles. The fraction of sp³-hybridized carbons (Fsp3) is 0.588. The molecule has 116 valence electrons. The summed E-state index contributed by atoms with van der Waals surface area (Å²) in [5.74, 6) is 0.530. The van der Waals surface area contributed by atoms with Gasteiger partial charge in [-0.3, -0.25) is 9.69 Å². The smallest absolute Gasteiger partial charge is 0.220 e. The monoisotopic (exact) mass is 290 g/mol. The number of hydrogen-bond acceptors (Lipinski definition) is 3. The maximum absolute atomic E-state index is 11.9. The third kappa shape index (κ3) is 5.14. The third-order valence-electron chi connectivity index (χ3n) is 3.76. The predicted molar refractivity (Wildman–Crippen MR) is 84.0 cm³/mol. The largest absolute Gasteiger partial charge is 0.379 e. The lowest BCUT2D eigenvalue weighted by Gasteiger charge is -2.35. The number of hydrogen-bond donors (Lipinski definition) is 1. The molecule has 1 aliphatic heterocycles. The van der Waals surface area contributed by atoms with Crippen LogP contribution in [0.5, 0.6) is 0 Å². The van der Waals surface area contributed by atoms with E-state index in [0.29, 0.717) is 18.9 Å². The highest BCUT2D eigenvalue weighted by molar-refractivity contribution is 5.76. The lowest BCUT2D eigenvalue weighted by atomic mass is 10.0. The Morgan fingerprint density at radius 2 is 1.90 bits per heavy atom. The molecule has 0 aliphatic carbocycles. The molecule has 0 spiro atoms. The van der Waals surface area contributed by atoms with E-state index in [9.17, 15) is 4.79 Å². The summed E-state index contributed by atoms with van der Waals surface area (Å²) in [6.45, 7) is 8.16. The molecule has 0 radical (unpaired) electrons. The van der Waals surface area contributed by atoms with Crippen LogP contribution in [0.4, 0.5) is 0 Å². The number of amides is 1. The summed E-state index contributed by atoms with van der Waals surface area (Å²) in [5, 5.41) is 3.09. The Morgan fingerprint density at radius 1 is 1.24 bits per heavy atom. The average molecular weight is 290 g/mol. The molecule has 2 rings (SSSR count). The zero-order chi connectivity index (χ0) is 15.1. The first-order valence-electron chi connectivity index (χ1n) is 7.80. The topological polar surface area (TPSA) is 41.6 Å². The van der Waals surface area contributed by atoms with E-state index in [2.05, 4.69) is 48.3 Å². The summed E-state index contributed by atoms with van der Waals surface area (Å²) >= 11 is 0. The number of morpholine rings is 1. The zero-order valence-electron chi connectivity index (χ0n) is 13.0. The second-order valence-electron chi connectivity index (χ2n) is 5.98. The van der Waals surface area contributed by atoms with Gasteiger partial charge in [-0.05, 0) is 11.5 Å². The van der Waals surface area contributed by atoms with Crippen molar-refractivity contribution in [2.45, 2.75) is 26.3 Å². The molecule has 1 N–H and O–H groups in total. The molecule has 1 aromatic carbocycles. The molecular weight excluding hydrogens is 264 g/mol. The molecule has 1 aromatic rings. The normalized spacial score (nSPS) is 17.7. The van der Waals surface area contributed by atoms with Crippen LogP contribution in [0, 0.1) is 5.92 Å². The molecule has 1 unspecified atom stereocenters. The highest BCUT2D eigenvalue weighted by Gasteiger charge is 2.23. The van der Waals surface area contributed by atoms with E-state index >= 15 is 0 Å². The second kappa shape index (κ2) is 8.15. The maximum Gasteiger partial charge on any atom is 0.220 e. The third-order valence-corrected chi connectivity index (χ3v) is 3.76. The Balaban J connectivity index is 2.00. The number of rotatable bonds is 6. The van der Waals surface area contributed by atoms with Gasteiger partial charge in [0.2, 0.25) is 5.91 Å². The van der Waals surface area contributed by atoms with E-state index in [1.807, 2.05) is 6.07 Å². The average Bonchev–Trinajstić information content (AvgIpc) is 2.49. The van der Waals surface area contributed by atoms with E-state index in [4.69, 9.17) is 4.74 Å². The van der Waals surface area contributed by atoms with Gasteiger partial charge in [0.1, 0.15) is 0 Å². The first kappa shape index (κ1) is 16.0. The van der Waals surface area contributed by atoms with E-state index in [1.54, 1.807) is 0 Å². The van der Waals surface area contributed by atoms with Gasteiger partial charge >= 0.3 is 0 Å². The van der Waals surface area contributed by atoms with Crippen LogP contribution >= 0.6 is 0 Å². The van der Waals surface area contributed by atoms with Gasteiger partial charge in [-0.2, -0.15) is 0 Å². The Labute approximate surface area is 127 Å². The van der Waals surface area contributed by atoms with Crippen LogP contribution in [0.3, 0.4) is 0 Å². The minimum Gasteiger partial charge on any atom is -0.379 e. The Bertz CT molecular complexity index is 428. The van der Waals surface area contributed by atoms with Gasteiger partial charge in [0.05, 0.1) is 19.3 Å². The minimum absolute atomic E-state index is 0.138. The molecule has 1 atom stereocenters. The molecular formula is C17H26N2O2. The number of nitrogens with zero attached hydrogens (tertiary/aromatic N) is 1. The zero-order valence-corrected chi connectivity index (χ0v) is 13.0. The number of carbonyl (C=O) groups excluding carboxylic acids is 1. The summed E-state index contributed by atoms with van der Waals surface area (Å²) in [7, 11) is 0. The second-order valence-corrected chi connectivity index (χ2v) is 5.98. The molecule has 1 fully saturated rings. The quantitative estimate of drug-likeness (QED) is 0.873. The van der Waals surface area contributed by atoms with Gasteiger partial charge in [-0.25, -0.2) is 0 Å². The molecule has 1 amide bonds. The molecule has 4 nitrogen and oxygen atoms in total. The fourth-order valence-corrected chi connectivity index (χ4v) is 2.68. The summed E-state index contributed by atoms with van der Waals surface area (Å²) in [6.07, 6.45) is 0.588. The number of ether oxygens (including phenoxy) is 1. The molecule has 0 aromatic heterocycles. The van der Waals surface area contributed by atoms with Crippen LogP contribution in [0.25, 0.3) is 0 Å². The van der Waals surface area contributed by atoms with Gasteiger partial charge in [0.15, 0.2) is 0 Å². The van der Waals surface area contributed by atoms with Crippen LogP contribution in [0.1, 0.15) is 31.9 Å². The van der Waals surface area contributed by atoms with Crippen LogP contribution < -0.4 is 5.32 Å². The molecule has 21 heavy (non-hydrogen) atoms. The summed E-state index contributed by atoms with van der Waals surface area (Å²) in [4.78, 5) is 14.3. The first-order chi connectivity index (χ1) is 10.2. The van der Waals surface area contributed by atoms with Crippen molar-refractivity contribution >= 4 is 5.91 Å². The lowest BCUT2D eigenvalue weighted by Crippen LogP contribution is -2.43. The van der Waals surface area contributed by atoms with Crippen molar-refractivity contribution in [1.82, 2.24) is 10.2 Å². The highest BCUT2D eigenvalue weighted by Crippen LogP contribution is 2.21. The van der Waals surface area contributed by atoms with Gasteiger partial charge in [0.25, 0.3) is 0 Å². The van der Waals surface area contributed by atoms with Gasteiger partial charge < -0.3 is 10.1 Å². The van der Waals surface area contributed by atoms with Crippen molar-refractivity contribution in [1.29, 1.82) is 0 Å². The highest BCUT2D eigenvalue weighted by atomic mass is 16.5. The summed E-state index contributed by atoms with van der Waals surface area (Å²) in [5.41, 5.74) is 1.25. The van der Waals surface area contributed by atoms with Gasteiger partial charge in [-0.15, -0.1) is 0 Å². The number of nitrogens with one attached hydrogen (secondary N) is 1. The lowest BCUT2D eigenvalue weighted by molar-refractivity contribution is -0.122. The van der Waals surface area contributed by atoms with E-state index in [-0.39, 0.29) is 11.9 Å². The molecule has 4 heteroatoms.